The van der Waals surface area contributed by atoms with E-state index in [9.17, 15) is 0 Å². The molecule has 1 atom stereocenters. The lowest BCUT2D eigenvalue weighted by Crippen LogP contribution is -2.21. The Labute approximate surface area is 125 Å². The van der Waals surface area contributed by atoms with Crippen LogP contribution in [0.3, 0.4) is 0 Å². The third-order valence-electron chi connectivity index (χ3n) is 3.02. The number of thiazole rings is 1. The molecule has 2 rings (SSSR count). The first-order chi connectivity index (χ1) is 9.76. The molecule has 0 aliphatic rings. The van der Waals surface area contributed by atoms with Crippen LogP contribution in [0.25, 0.3) is 0 Å². The van der Waals surface area contributed by atoms with Crippen molar-refractivity contribution in [3.05, 3.63) is 45.9 Å². The van der Waals surface area contributed by atoms with Crippen molar-refractivity contribution in [2.24, 2.45) is 0 Å². The lowest BCUT2D eigenvalue weighted by Gasteiger charge is -2.20. The lowest BCUT2D eigenvalue weighted by atomic mass is 10.0. The molecule has 20 heavy (non-hydrogen) atoms. The molecule has 3 nitrogen and oxygen atoms in total. The number of hydrogen-bond donors (Lipinski definition) is 1. The van der Waals surface area contributed by atoms with Crippen LogP contribution in [0.2, 0.25) is 0 Å². The summed E-state index contributed by atoms with van der Waals surface area (Å²) >= 11 is 1.73. The van der Waals surface area contributed by atoms with Crippen LogP contribution in [0.1, 0.15) is 41.8 Å². The number of aromatic nitrogens is 1. The zero-order valence-electron chi connectivity index (χ0n) is 12.3. The molecule has 0 saturated heterocycles. The van der Waals surface area contributed by atoms with E-state index < -0.39 is 0 Å². The number of rotatable bonds is 7. The summed E-state index contributed by atoms with van der Waals surface area (Å²) in [4.78, 5) is 5.61. The molecular formula is C16H22N2OS. The van der Waals surface area contributed by atoms with Gasteiger partial charge in [-0.25, -0.2) is 4.98 Å². The highest BCUT2D eigenvalue weighted by molar-refractivity contribution is 7.11. The standard InChI is InChI=1S/C16H22N2OS/c1-4-10-19-14-9-7-6-8-13(14)16(17-5-2)15-11-18-12(3)20-15/h6-9,11,16-17H,4-5,10H2,1-3H3. The first kappa shape index (κ1) is 15.0. The van der Waals surface area contributed by atoms with Gasteiger partial charge in [0.15, 0.2) is 0 Å². The van der Waals surface area contributed by atoms with E-state index in [0.29, 0.717) is 0 Å². The van der Waals surface area contributed by atoms with Crippen LogP contribution in [-0.2, 0) is 0 Å². The van der Waals surface area contributed by atoms with Gasteiger partial charge in [0.2, 0.25) is 0 Å². The molecule has 0 radical (unpaired) electrons. The number of ether oxygens (including phenoxy) is 1. The van der Waals surface area contributed by atoms with Gasteiger partial charge >= 0.3 is 0 Å². The summed E-state index contributed by atoms with van der Waals surface area (Å²) in [5, 5.41) is 4.63. The van der Waals surface area contributed by atoms with Crippen LogP contribution in [0, 0.1) is 6.92 Å². The third-order valence-corrected chi connectivity index (χ3v) is 4.00. The van der Waals surface area contributed by atoms with E-state index in [4.69, 9.17) is 4.74 Å². The van der Waals surface area contributed by atoms with Crippen LogP contribution < -0.4 is 10.1 Å². The number of aryl methyl sites for hydroxylation is 1. The molecule has 0 fully saturated rings. The Morgan fingerprint density at radius 1 is 1.30 bits per heavy atom. The Bertz CT molecular complexity index is 539. The van der Waals surface area contributed by atoms with E-state index in [-0.39, 0.29) is 6.04 Å². The van der Waals surface area contributed by atoms with Crippen molar-refractivity contribution in [1.82, 2.24) is 10.3 Å². The molecule has 1 heterocycles. The van der Waals surface area contributed by atoms with Gasteiger partial charge in [0.25, 0.3) is 0 Å². The van der Waals surface area contributed by atoms with E-state index in [2.05, 4.69) is 36.3 Å². The van der Waals surface area contributed by atoms with Gasteiger partial charge in [-0.05, 0) is 26.0 Å². The summed E-state index contributed by atoms with van der Waals surface area (Å²) in [6, 6.07) is 8.41. The van der Waals surface area contributed by atoms with E-state index >= 15 is 0 Å². The number of nitrogens with one attached hydrogen (secondary N) is 1. The highest BCUT2D eigenvalue weighted by Crippen LogP contribution is 2.32. The maximum absolute atomic E-state index is 5.89. The average molecular weight is 290 g/mol. The molecule has 2 aromatic rings. The number of para-hydroxylation sites is 1. The first-order valence-electron chi connectivity index (χ1n) is 7.13. The fourth-order valence-electron chi connectivity index (χ4n) is 2.14. The third kappa shape index (κ3) is 3.58. The summed E-state index contributed by atoms with van der Waals surface area (Å²) < 4.78 is 5.89. The molecule has 4 heteroatoms. The minimum Gasteiger partial charge on any atom is -0.493 e. The smallest absolute Gasteiger partial charge is 0.124 e. The zero-order chi connectivity index (χ0) is 14.4. The van der Waals surface area contributed by atoms with Crippen molar-refractivity contribution in [3.63, 3.8) is 0 Å². The molecule has 1 unspecified atom stereocenters. The van der Waals surface area contributed by atoms with Crippen LogP contribution in [0.15, 0.2) is 30.5 Å². The second-order valence-corrected chi connectivity index (χ2v) is 5.92. The van der Waals surface area contributed by atoms with E-state index in [1.165, 1.54) is 10.4 Å². The fraction of sp³-hybridized carbons (Fsp3) is 0.438. The van der Waals surface area contributed by atoms with Gasteiger partial charge in [-0.15, -0.1) is 11.3 Å². The molecule has 1 aromatic heterocycles. The predicted octanol–water partition coefficient (Wildman–Crippen LogP) is 3.94. The van der Waals surface area contributed by atoms with E-state index in [0.717, 1.165) is 30.3 Å². The summed E-state index contributed by atoms with van der Waals surface area (Å²) in [7, 11) is 0. The Morgan fingerprint density at radius 3 is 2.75 bits per heavy atom. The fourth-order valence-corrected chi connectivity index (χ4v) is 3.02. The second kappa shape index (κ2) is 7.41. The van der Waals surface area contributed by atoms with Crippen LogP contribution >= 0.6 is 11.3 Å². The van der Waals surface area contributed by atoms with Crippen LogP contribution in [0.5, 0.6) is 5.75 Å². The first-order valence-corrected chi connectivity index (χ1v) is 7.95. The predicted molar refractivity (Wildman–Crippen MR) is 84.6 cm³/mol. The monoisotopic (exact) mass is 290 g/mol. The van der Waals surface area contributed by atoms with Crippen LogP contribution in [0.4, 0.5) is 0 Å². The molecule has 0 aliphatic heterocycles. The topological polar surface area (TPSA) is 34.1 Å². The minimum atomic E-state index is 0.152. The highest BCUT2D eigenvalue weighted by atomic mass is 32.1. The van der Waals surface area contributed by atoms with Gasteiger partial charge in [-0.2, -0.15) is 0 Å². The minimum absolute atomic E-state index is 0.152. The van der Waals surface area contributed by atoms with E-state index in [1.54, 1.807) is 11.3 Å². The second-order valence-electron chi connectivity index (χ2n) is 4.66. The maximum Gasteiger partial charge on any atom is 0.124 e. The van der Waals surface area contributed by atoms with Gasteiger partial charge in [0.1, 0.15) is 5.75 Å². The average Bonchev–Trinajstić information content (AvgIpc) is 2.89. The summed E-state index contributed by atoms with van der Waals surface area (Å²) in [6.07, 6.45) is 2.98. The molecule has 1 aromatic carbocycles. The molecule has 1 N–H and O–H groups in total. The summed E-state index contributed by atoms with van der Waals surface area (Å²) in [6.45, 7) is 7.94. The van der Waals surface area contributed by atoms with E-state index in [1.807, 2.05) is 25.3 Å². The molecule has 0 aliphatic carbocycles. The molecule has 0 spiro atoms. The summed E-state index contributed by atoms with van der Waals surface area (Å²) in [5.74, 6) is 0.964. The Balaban J connectivity index is 2.33. The van der Waals surface area contributed by atoms with Crippen LogP contribution in [-0.4, -0.2) is 18.1 Å². The molecule has 108 valence electrons. The molecular weight excluding hydrogens is 268 g/mol. The summed E-state index contributed by atoms with van der Waals surface area (Å²) in [5.41, 5.74) is 1.19. The van der Waals surface area contributed by atoms with Crippen molar-refractivity contribution in [2.45, 2.75) is 33.2 Å². The van der Waals surface area contributed by atoms with Crippen molar-refractivity contribution in [3.8, 4) is 5.75 Å². The lowest BCUT2D eigenvalue weighted by molar-refractivity contribution is 0.312. The van der Waals surface area contributed by atoms with Crippen molar-refractivity contribution in [2.75, 3.05) is 13.2 Å². The Kier molecular flexibility index (Phi) is 5.56. The number of benzene rings is 1. The van der Waals surface area contributed by atoms with Gasteiger partial charge in [-0.3, -0.25) is 0 Å². The van der Waals surface area contributed by atoms with Crippen molar-refractivity contribution < 1.29 is 4.74 Å². The molecule has 0 amide bonds. The van der Waals surface area contributed by atoms with Crippen molar-refractivity contribution >= 4 is 11.3 Å². The Morgan fingerprint density at radius 2 is 2.10 bits per heavy atom. The van der Waals surface area contributed by atoms with Gasteiger partial charge < -0.3 is 10.1 Å². The molecule has 0 bridgehead atoms. The quantitative estimate of drug-likeness (QED) is 0.838. The van der Waals surface area contributed by atoms with Crippen molar-refractivity contribution in [1.29, 1.82) is 0 Å². The SMILES string of the molecule is CCCOc1ccccc1C(NCC)c1cnc(C)s1. The maximum atomic E-state index is 5.89. The van der Waals surface area contributed by atoms with Gasteiger partial charge in [-0.1, -0.05) is 32.0 Å². The zero-order valence-corrected chi connectivity index (χ0v) is 13.2. The number of hydrogen-bond acceptors (Lipinski definition) is 4. The number of nitrogens with zero attached hydrogens (tertiary/aromatic N) is 1. The largest absolute Gasteiger partial charge is 0.493 e. The van der Waals surface area contributed by atoms with Gasteiger partial charge in [0, 0.05) is 16.6 Å². The Hall–Kier alpha value is -1.39. The highest BCUT2D eigenvalue weighted by Gasteiger charge is 2.19. The normalized spacial score (nSPS) is 12.3. The van der Waals surface area contributed by atoms with Gasteiger partial charge in [0.05, 0.1) is 17.7 Å². The molecule has 0 saturated carbocycles.